The standard InChI is InChI=1S/C19H25NO6/c1-24-8-9-25-11-16(18(21)22)26-19(23)20-17-14-6-2-4-12(14)10-13-5-3-7-15(13)17/h10,16H,2-9,11H2,1H3,(H,20,23)(H,21,22)/t16-/m1/s1. The number of aryl methyl sites for hydroxylation is 2. The number of nitrogens with one attached hydrogen (secondary N) is 1. The van der Waals surface area contributed by atoms with Crippen molar-refractivity contribution in [2.45, 2.75) is 44.6 Å². The normalized spacial score (nSPS) is 16.0. The molecule has 1 aromatic carbocycles. The quantitative estimate of drug-likeness (QED) is 0.689. The van der Waals surface area contributed by atoms with Gasteiger partial charge in [-0.15, -0.1) is 0 Å². The van der Waals surface area contributed by atoms with Crippen molar-refractivity contribution in [1.82, 2.24) is 0 Å². The van der Waals surface area contributed by atoms with E-state index in [4.69, 9.17) is 14.2 Å². The van der Waals surface area contributed by atoms with E-state index in [-0.39, 0.29) is 13.2 Å². The summed E-state index contributed by atoms with van der Waals surface area (Å²) in [4.78, 5) is 23.6. The van der Waals surface area contributed by atoms with E-state index in [1.54, 1.807) is 0 Å². The van der Waals surface area contributed by atoms with E-state index in [1.807, 2.05) is 0 Å². The van der Waals surface area contributed by atoms with Crippen LogP contribution < -0.4 is 5.32 Å². The van der Waals surface area contributed by atoms with Gasteiger partial charge in [-0.3, -0.25) is 5.32 Å². The minimum absolute atomic E-state index is 0.211. The molecule has 0 fully saturated rings. The Balaban J connectivity index is 1.67. The van der Waals surface area contributed by atoms with Gasteiger partial charge in [-0.05, 0) is 60.8 Å². The van der Waals surface area contributed by atoms with Gasteiger partial charge in [0.1, 0.15) is 0 Å². The van der Waals surface area contributed by atoms with Crippen molar-refractivity contribution < 1.29 is 28.9 Å². The second-order valence-electron chi connectivity index (χ2n) is 6.66. The van der Waals surface area contributed by atoms with E-state index < -0.39 is 18.2 Å². The molecule has 3 rings (SSSR count). The molecule has 1 aromatic rings. The van der Waals surface area contributed by atoms with Gasteiger partial charge in [-0.2, -0.15) is 0 Å². The fourth-order valence-corrected chi connectivity index (χ4v) is 3.72. The smallest absolute Gasteiger partial charge is 0.412 e. The number of hydrogen-bond donors (Lipinski definition) is 2. The lowest BCUT2D eigenvalue weighted by Crippen LogP contribution is -2.34. The maximum atomic E-state index is 12.3. The fraction of sp³-hybridized carbons (Fsp3) is 0.579. The monoisotopic (exact) mass is 363 g/mol. The van der Waals surface area contributed by atoms with Crippen LogP contribution in [0.25, 0.3) is 0 Å². The lowest BCUT2D eigenvalue weighted by molar-refractivity contribution is -0.150. The fourth-order valence-electron chi connectivity index (χ4n) is 3.72. The lowest BCUT2D eigenvalue weighted by atomic mass is 9.99. The topological polar surface area (TPSA) is 94.1 Å². The lowest BCUT2D eigenvalue weighted by Gasteiger charge is -2.18. The predicted molar refractivity (Wildman–Crippen MR) is 94.7 cm³/mol. The Hall–Kier alpha value is -2.12. The van der Waals surface area contributed by atoms with E-state index in [2.05, 4.69) is 11.4 Å². The van der Waals surface area contributed by atoms with E-state index in [0.717, 1.165) is 44.2 Å². The van der Waals surface area contributed by atoms with Gasteiger partial charge < -0.3 is 19.3 Å². The minimum Gasteiger partial charge on any atom is -0.478 e. The van der Waals surface area contributed by atoms with Crippen LogP contribution in [0, 0.1) is 0 Å². The zero-order chi connectivity index (χ0) is 18.5. The molecule has 7 nitrogen and oxygen atoms in total. The molecule has 0 radical (unpaired) electrons. The van der Waals surface area contributed by atoms with Gasteiger partial charge >= 0.3 is 12.1 Å². The number of methoxy groups -OCH3 is 1. The van der Waals surface area contributed by atoms with Crippen LogP contribution in [0.3, 0.4) is 0 Å². The van der Waals surface area contributed by atoms with Crippen molar-refractivity contribution in [3.63, 3.8) is 0 Å². The third-order valence-electron chi connectivity index (χ3n) is 4.93. The van der Waals surface area contributed by atoms with Gasteiger partial charge in [0, 0.05) is 7.11 Å². The molecule has 0 aliphatic heterocycles. The van der Waals surface area contributed by atoms with Crippen LogP contribution in [-0.4, -0.2) is 50.2 Å². The summed E-state index contributed by atoms with van der Waals surface area (Å²) in [5.74, 6) is -1.24. The highest BCUT2D eigenvalue weighted by Gasteiger charge is 2.27. The molecule has 26 heavy (non-hydrogen) atoms. The second-order valence-corrected chi connectivity index (χ2v) is 6.66. The van der Waals surface area contributed by atoms with Crippen LogP contribution in [0.2, 0.25) is 0 Å². The van der Waals surface area contributed by atoms with Crippen LogP contribution in [0.15, 0.2) is 6.07 Å². The van der Waals surface area contributed by atoms with Gasteiger partial charge in [0.05, 0.1) is 25.5 Å². The number of amides is 1. The summed E-state index contributed by atoms with van der Waals surface area (Å²) in [6.45, 7) is 0.378. The molecule has 0 saturated carbocycles. The number of hydrogen-bond acceptors (Lipinski definition) is 5. The summed E-state index contributed by atoms with van der Waals surface area (Å²) < 4.78 is 15.1. The molecule has 1 atom stereocenters. The maximum Gasteiger partial charge on any atom is 0.412 e. The van der Waals surface area contributed by atoms with Crippen LogP contribution >= 0.6 is 0 Å². The molecular formula is C19H25NO6. The molecule has 7 heteroatoms. The summed E-state index contributed by atoms with van der Waals surface area (Å²) in [6, 6.07) is 2.27. The summed E-state index contributed by atoms with van der Waals surface area (Å²) in [6.07, 6.45) is 3.97. The SMILES string of the molecule is COCCOC[C@@H](OC(=O)Nc1c2c(cc3c1CCC3)CCC2)C(=O)O. The van der Waals surface area contributed by atoms with E-state index >= 15 is 0 Å². The van der Waals surface area contributed by atoms with Crippen LogP contribution in [0.4, 0.5) is 10.5 Å². The van der Waals surface area contributed by atoms with Gasteiger partial charge in [0.25, 0.3) is 0 Å². The molecule has 2 aliphatic carbocycles. The first-order valence-electron chi connectivity index (χ1n) is 9.03. The van der Waals surface area contributed by atoms with Crippen molar-refractivity contribution in [2.24, 2.45) is 0 Å². The zero-order valence-corrected chi connectivity index (χ0v) is 15.0. The van der Waals surface area contributed by atoms with Crippen molar-refractivity contribution >= 4 is 17.7 Å². The van der Waals surface area contributed by atoms with Crippen LogP contribution in [0.1, 0.15) is 35.1 Å². The molecule has 0 bridgehead atoms. The van der Waals surface area contributed by atoms with Crippen molar-refractivity contribution in [2.75, 3.05) is 32.2 Å². The number of fused-ring (bicyclic) bond motifs is 2. The largest absolute Gasteiger partial charge is 0.478 e. The first kappa shape index (κ1) is 18.7. The molecule has 0 unspecified atom stereocenters. The number of carboxylic acids is 1. The highest BCUT2D eigenvalue weighted by Crippen LogP contribution is 2.38. The minimum atomic E-state index is -1.35. The third kappa shape index (κ3) is 4.16. The summed E-state index contributed by atoms with van der Waals surface area (Å²) in [5.41, 5.74) is 5.76. The summed E-state index contributed by atoms with van der Waals surface area (Å²) in [7, 11) is 1.53. The Bertz CT molecular complexity index is 655. The average molecular weight is 363 g/mol. The Morgan fingerprint density at radius 1 is 1.12 bits per heavy atom. The zero-order valence-electron chi connectivity index (χ0n) is 15.0. The molecule has 1 amide bonds. The summed E-state index contributed by atoms with van der Waals surface area (Å²) in [5, 5.41) is 12.1. The number of anilines is 1. The number of aliphatic carboxylic acids is 1. The number of carbonyl (C=O) groups excluding carboxylic acids is 1. The highest BCUT2D eigenvalue weighted by molar-refractivity contribution is 5.90. The second kappa shape index (κ2) is 8.51. The first-order chi connectivity index (χ1) is 12.6. The summed E-state index contributed by atoms with van der Waals surface area (Å²) >= 11 is 0. The maximum absolute atomic E-state index is 12.3. The first-order valence-corrected chi connectivity index (χ1v) is 9.03. The highest BCUT2D eigenvalue weighted by atomic mass is 16.6. The van der Waals surface area contributed by atoms with Gasteiger partial charge in [-0.25, -0.2) is 9.59 Å². The molecule has 0 spiro atoms. The van der Waals surface area contributed by atoms with E-state index in [1.165, 1.54) is 29.4 Å². The number of carboxylic acid groups (broad SMARTS) is 1. The molecule has 0 saturated heterocycles. The van der Waals surface area contributed by atoms with Gasteiger partial charge in [0.2, 0.25) is 6.10 Å². The Labute approximate surface area is 152 Å². The Morgan fingerprint density at radius 3 is 2.35 bits per heavy atom. The number of benzene rings is 1. The van der Waals surface area contributed by atoms with Crippen molar-refractivity contribution in [1.29, 1.82) is 0 Å². The molecule has 0 aromatic heterocycles. The molecule has 0 heterocycles. The van der Waals surface area contributed by atoms with Crippen molar-refractivity contribution in [3.8, 4) is 0 Å². The molecular weight excluding hydrogens is 338 g/mol. The van der Waals surface area contributed by atoms with Gasteiger partial charge in [-0.1, -0.05) is 6.07 Å². The third-order valence-corrected chi connectivity index (χ3v) is 4.93. The Morgan fingerprint density at radius 2 is 1.77 bits per heavy atom. The average Bonchev–Trinajstić information content (AvgIpc) is 3.26. The number of rotatable bonds is 8. The van der Waals surface area contributed by atoms with Crippen molar-refractivity contribution in [3.05, 3.63) is 28.3 Å². The van der Waals surface area contributed by atoms with Gasteiger partial charge in [0.15, 0.2) is 0 Å². The number of ether oxygens (including phenoxy) is 3. The molecule has 2 aliphatic rings. The van der Waals surface area contributed by atoms with E-state index in [9.17, 15) is 14.7 Å². The number of carbonyl (C=O) groups is 2. The van der Waals surface area contributed by atoms with Crippen LogP contribution in [-0.2, 0) is 44.7 Å². The Kier molecular flexibility index (Phi) is 6.11. The van der Waals surface area contributed by atoms with E-state index in [0.29, 0.717) is 6.61 Å². The van der Waals surface area contributed by atoms with Crippen LogP contribution in [0.5, 0.6) is 0 Å². The predicted octanol–water partition coefficient (Wildman–Crippen LogP) is 2.33. The molecule has 2 N–H and O–H groups in total. The molecule has 142 valence electrons.